The average Bonchev–Trinajstić information content (AvgIpc) is 2.72. The van der Waals surface area contributed by atoms with Gasteiger partial charge in [-0.25, -0.2) is 0 Å². The standard InChI is InChI=1S/C27H48N.ClH/c1-5-9-12-15-20-26-21-16-17-22-27(26)25-28(8-4,23-18-13-10-6-2)24-19-14-11-7-3;/h8,16-17,21-22H,4-7,9-15,18-20,23-25H2,1-3H3;1H/q+1;/p-1. The molecule has 0 aliphatic carbocycles. The van der Waals surface area contributed by atoms with E-state index in [1.54, 1.807) is 11.1 Å². The molecule has 1 aromatic rings. The molecule has 0 spiro atoms. The fraction of sp³-hybridized carbons (Fsp3) is 0.704. The summed E-state index contributed by atoms with van der Waals surface area (Å²) in [6.07, 6.45) is 19.6. The van der Waals surface area contributed by atoms with Gasteiger partial charge in [-0.1, -0.05) is 90.0 Å². The molecule has 0 saturated heterocycles. The van der Waals surface area contributed by atoms with E-state index in [4.69, 9.17) is 0 Å². The maximum Gasteiger partial charge on any atom is 0.109 e. The molecule has 1 aromatic carbocycles. The third kappa shape index (κ3) is 11.8. The summed E-state index contributed by atoms with van der Waals surface area (Å²) < 4.78 is 1.07. The Kier molecular flexibility index (Phi) is 17.5. The van der Waals surface area contributed by atoms with Gasteiger partial charge >= 0.3 is 0 Å². The zero-order valence-electron chi connectivity index (χ0n) is 19.7. The molecule has 0 atom stereocenters. The van der Waals surface area contributed by atoms with Crippen molar-refractivity contribution in [3.8, 4) is 0 Å². The topological polar surface area (TPSA) is 0 Å². The van der Waals surface area contributed by atoms with Crippen LogP contribution in [0.2, 0.25) is 0 Å². The van der Waals surface area contributed by atoms with Gasteiger partial charge in [0.1, 0.15) is 6.54 Å². The van der Waals surface area contributed by atoms with Gasteiger partial charge in [-0.15, -0.1) is 0 Å². The van der Waals surface area contributed by atoms with E-state index in [0.717, 1.165) is 11.0 Å². The summed E-state index contributed by atoms with van der Waals surface area (Å²) in [6, 6.07) is 9.21. The number of aryl methyl sites for hydroxylation is 1. The van der Waals surface area contributed by atoms with E-state index in [-0.39, 0.29) is 12.4 Å². The molecule has 1 nitrogen and oxygen atoms in total. The van der Waals surface area contributed by atoms with Crippen molar-refractivity contribution in [1.29, 1.82) is 0 Å². The second-order valence-electron chi connectivity index (χ2n) is 8.71. The monoisotopic (exact) mass is 421 g/mol. The van der Waals surface area contributed by atoms with E-state index in [0.29, 0.717) is 0 Å². The zero-order valence-corrected chi connectivity index (χ0v) is 20.5. The van der Waals surface area contributed by atoms with E-state index in [1.165, 1.54) is 96.6 Å². The molecular formula is C27H48ClN. The lowest BCUT2D eigenvalue weighted by molar-refractivity contribution is -0.893. The van der Waals surface area contributed by atoms with Crippen LogP contribution in [-0.2, 0) is 13.0 Å². The first kappa shape index (κ1) is 28.2. The van der Waals surface area contributed by atoms with E-state index in [2.05, 4.69) is 57.8 Å². The smallest absolute Gasteiger partial charge is 0.109 e. The van der Waals surface area contributed by atoms with Crippen LogP contribution in [0, 0.1) is 0 Å². The van der Waals surface area contributed by atoms with Gasteiger partial charge in [0.2, 0.25) is 0 Å². The highest BCUT2D eigenvalue weighted by atomic mass is 35.5. The maximum atomic E-state index is 4.32. The van der Waals surface area contributed by atoms with Crippen molar-refractivity contribution in [2.24, 2.45) is 0 Å². The Morgan fingerprint density at radius 2 is 1.17 bits per heavy atom. The number of halogens is 1. The van der Waals surface area contributed by atoms with E-state index in [9.17, 15) is 0 Å². The molecule has 0 amide bonds. The van der Waals surface area contributed by atoms with Gasteiger partial charge in [-0.3, -0.25) is 4.48 Å². The van der Waals surface area contributed by atoms with Gasteiger partial charge in [-0.05, 0) is 50.7 Å². The molecule has 0 aromatic heterocycles. The predicted octanol–water partition coefficient (Wildman–Crippen LogP) is 5.43. The average molecular weight is 422 g/mol. The Balaban J connectivity index is 0.00000784. The summed E-state index contributed by atoms with van der Waals surface area (Å²) in [7, 11) is 0. The summed E-state index contributed by atoms with van der Waals surface area (Å²) in [5, 5.41) is 0. The molecule has 168 valence electrons. The summed E-state index contributed by atoms with van der Waals surface area (Å²) >= 11 is 0. The van der Waals surface area contributed by atoms with Crippen LogP contribution in [0.25, 0.3) is 0 Å². The second-order valence-corrected chi connectivity index (χ2v) is 8.71. The van der Waals surface area contributed by atoms with Gasteiger partial charge in [0.15, 0.2) is 0 Å². The van der Waals surface area contributed by atoms with Gasteiger partial charge < -0.3 is 12.4 Å². The van der Waals surface area contributed by atoms with Crippen molar-refractivity contribution in [2.45, 2.75) is 111 Å². The summed E-state index contributed by atoms with van der Waals surface area (Å²) in [6.45, 7) is 14.8. The predicted molar refractivity (Wildman–Crippen MR) is 126 cm³/mol. The van der Waals surface area contributed by atoms with Crippen molar-refractivity contribution < 1.29 is 16.9 Å². The van der Waals surface area contributed by atoms with Gasteiger partial charge in [0.25, 0.3) is 0 Å². The number of unbranched alkanes of at least 4 members (excludes halogenated alkanes) is 9. The SMILES string of the molecule is C=C[N+](CCCCCC)(CCCCCC)Cc1ccccc1CCCCCC.[Cl-]. The highest BCUT2D eigenvalue weighted by Crippen LogP contribution is 2.23. The Bertz CT molecular complexity index is 499. The third-order valence-electron chi connectivity index (χ3n) is 6.20. The number of rotatable bonds is 18. The lowest BCUT2D eigenvalue weighted by atomic mass is 9.99. The highest BCUT2D eigenvalue weighted by molar-refractivity contribution is 5.26. The highest BCUT2D eigenvalue weighted by Gasteiger charge is 2.25. The lowest BCUT2D eigenvalue weighted by Gasteiger charge is -2.36. The van der Waals surface area contributed by atoms with Crippen LogP contribution in [0.15, 0.2) is 37.0 Å². The van der Waals surface area contributed by atoms with Gasteiger partial charge in [0.05, 0.1) is 19.3 Å². The Labute approximate surface area is 189 Å². The summed E-state index contributed by atoms with van der Waals surface area (Å²) in [4.78, 5) is 0. The maximum absolute atomic E-state index is 4.32. The van der Waals surface area contributed by atoms with Crippen LogP contribution in [0.3, 0.4) is 0 Å². The molecule has 0 aliphatic rings. The van der Waals surface area contributed by atoms with Gasteiger partial charge in [0, 0.05) is 5.56 Å². The molecule has 29 heavy (non-hydrogen) atoms. The van der Waals surface area contributed by atoms with Crippen molar-refractivity contribution in [2.75, 3.05) is 13.1 Å². The molecule has 0 radical (unpaired) electrons. The van der Waals surface area contributed by atoms with Crippen LogP contribution < -0.4 is 12.4 Å². The first-order valence-corrected chi connectivity index (χ1v) is 12.3. The Morgan fingerprint density at radius 3 is 1.66 bits per heavy atom. The molecule has 1 rings (SSSR count). The first-order valence-electron chi connectivity index (χ1n) is 12.3. The number of hydrogen-bond acceptors (Lipinski definition) is 0. The van der Waals surface area contributed by atoms with Crippen molar-refractivity contribution in [3.63, 3.8) is 0 Å². The molecule has 0 bridgehead atoms. The van der Waals surface area contributed by atoms with Crippen LogP contribution in [0.4, 0.5) is 0 Å². The van der Waals surface area contributed by atoms with Crippen molar-refractivity contribution in [1.82, 2.24) is 0 Å². The van der Waals surface area contributed by atoms with E-state index >= 15 is 0 Å². The molecule has 0 fully saturated rings. The van der Waals surface area contributed by atoms with Crippen LogP contribution in [-0.4, -0.2) is 17.6 Å². The fourth-order valence-corrected chi connectivity index (χ4v) is 4.26. The minimum atomic E-state index is 0. The van der Waals surface area contributed by atoms with E-state index in [1.807, 2.05) is 0 Å². The largest absolute Gasteiger partial charge is 1.00 e. The Hall–Kier alpha value is -0.790. The molecular weight excluding hydrogens is 374 g/mol. The molecule has 0 heterocycles. The Morgan fingerprint density at radius 1 is 0.690 bits per heavy atom. The van der Waals surface area contributed by atoms with Crippen LogP contribution in [0.5, 0.6) is 0 Å². The summed E-state index contributed by atoms with van der Waals surface area (Å²) in [5.74, 6) is 0. The molecule has 0 N–H and O–H groups in total. The number of hydrogen-bond donors (Lipinski definition) is 0. The van der Waals surface area contributed by atoms with E-state index < -0.39 is 0 Å². The number of quaternary nitrogens is 1. The molecule has 0 unspecified atom stereocenters. The van der Waals surface area contributed by atoms with Crippen molar-refractivity contribution >= 4 is 0 Å². The summed E-state index contributed by atoms with van der Waals surface area (Å²) in [5.41, 5.74) is 3.13. The van der Waals surface area contributed by atoms with Crippen molar-refractivity contribution in [3.05, 3.63) is 48.2 Å². The normalized spacial score (nSPS) is 11.3. The zero-order chi connectivity index (χ0) is 20.5. The van der Waals surface area contributed by atoms with Crippen LogP contribution >= 0.6 is 0 Å². The minimum absolute atomic E-state index is 0. The van der Waals surface area contributed by atoms with Gasteiger partial charge in [-0.2, -0.15) is 0 Å². The second kappa shape index (κ2) is 18.0. The lowest BCUT2D eigenvalue weighted by Crippen LogP contribution is -3.00. The third-order valence-corrected chi connectivity index (χ3v) is 6.20. The molecule has 2 heteroatoms. The molecule has 0 aliphatic heterocycles. The fourth-order valence-electron chi connectivity index (χ4n) is 4.26. The molecule has 0 saturated carbocycles. The van der Waals surface area contributed by atoms with Crippen LogP contribution in [0.1, 0.15) is 109 Å². The number of benzene rings is 1. The number of nitrogens with zero attached hydrogens (tertiary/aromatic N) is 1. The first-order chi connectivity index (χ1) is 13.7. The quantitative estimate of drug-likeness (QED) is 0.219. The minimum Gasteiger partial charge on any atom is -1.00 e.